The average Bonchev–Trinajstić information content (AvgIpc) is 3.16. The molecule has 2 aliphatic rings. The van der Waals surface area contributed by atoms with Crippen LogP contribution in [0.3, 0.4) is 0 Å². The predicted octanol–water partition coefficient (Wildman–Crippen LogP) is 2.29. The van der Waals surface area contributed by atoms with E-state index in [1.165, 1.54) is 17.8 Å². The normalized spacial score (nSPS) is 22.9. The summed E-state index contributed by atoms with van der Waals surface area (Å²) in [6.07, 6.45) is 6.21. The number of nitrogens with two attached hydrogens (primary N) is 1. The van der Waals surface area contributed by atoms with Crippen LogP contribution in [0.25, 0.3) is 0 Å². The first-order chi connectivity index (χ1) is 11.2. The van der Waals surface area contributed by atoms with Gasteiger partial charge < -0.3 is 11.1 Å². The van der Waals surface area contributed by atoms with Crippen LogP contribution < -0.4 is 16.0 Å². The molecule has 2 fully saturated rings. The Morgan fingerprint density at radius 3 is 2.76 bits per heavy atom. The van der Waals surface area contributed by atoms with Gasteiger partial charge in [-0.1, -0.05) is 12.8 Å². The highest BCUT2D eigenvalue weighted by atomic mass is 35.5. The second-order valence-electron chi connectivity index (χ2n) is 6.40. The Kier molecular flexibility index (Phi) is 9.13. The first-order valence-electron chi connectivity index (χ1n) is 8.41. The van der Waals surface area contributed by atoms with E-state index in [0.717, 1.165) is 37.9 Å². The van der Waals surface area contributed by atoms with Crippen LogP contribution in [0.15, 0.2) is 5.38 Å². The third-order valence-electron chi connectivity index (χ3n) is 4.74. The molecule has 1 saturated heterocycles. The zero-order chi connectivity index (χ0) is 16.2. The second-order valence-corrected chi connectivity index (χ2v) is 7.24. The van der Waals surface area contributed by atoms with Gasteiger partial charge >= 0.3 is 0 Å². The number of hydrogen-bond donors (Lipinski definition) is 2. The Bertz CT molecular complexity index is 584. The van der Waals surface area contributed by atoms with Crippen molar-refractivity contribution in [2.45, 2.75) is 51.0 Å². The van der Waals surface area contributed by atoms with Crippen molar-refractivity contribution in [1.29, 1.82) is 0 Å². The van der Waals surface area contributed by atoms with E-state index in [-0.39, 0.29) is 49.1 Å². The van der Waals surface area contributed by atoms with E-state index in [2.05, 4.69) is 10.3 Å². The minimum absolute atomic E-state index is 0. The van der Waals surface area contributed by atoms with Gasteiger partial charge in [0.1, 0.15) is 0 Å². The molecule has 0 aromatic carbocycles. The molecule has 9 heteroatoms. The maximum absolute atomic E-state index is 12.3. The first-order valence-corrected chi connectivity index (χ1v) is 9.29. The van der Waals surface area contributed by atoms with Crippen molar-refractivity contribution in [2.24, 2.45) is 11.7 Å². The van der Waals surface area contributed by atoms with Crippen LogP contribution in [0.2, 0.25) is 0 Å². The summed E-state index contributed by atoms with van der Waals surface area (Å²) in [7, 11) is 0. The quantitative estimate of drug-likeness (QED) is 0.781. The van der Waals surface area contributed by atoms with E-state index in [9.17, 15) is 9.59 Å². The molecule has 2 heterocycles. The predicted molar refractivity (Wildman–Crippen MR) is 105 cm³/mol. The molecule has 2 unspecified atom stereocenters. The number of thiazole rings is 1. The maximum atomic E-state index is 12.3. The number of aromatic nitrogens is 1. The van der Waals surface area contributed by atoms with Crippen LogP contribution in [0.1, 0.15) is 44.2 Å². The highest BCUT2D eigenvalue weighted by Crippen LogP contribution is 2.26. The van der Waals surface area contributed by atoms with Crippen molar-refractivity contribution >= 4 is 53.1 Å². The van der Waals surface area contributed by atoms with Gasteiger partial charge in [0.05, 0.1) is 12.1 Å². The van der Waals surface area contributed by atoms with E-state index in [4.69, 9.17) is 5.73 Å². The van der Waals surface area contributed by atoms with Crippen molar-refractivity contribution in [3.8, 4) is 0 Å². The molecule has 142 valence electrons. The molecule has 1 aliphatic carbocycles. The largest absolute Gasteiger partial charge is 0.353 e. The third-order valence-corrected chi connectivity index (χ3v) is 5.66. The molecule has 3 rings (SSSR count). The molecule has 6 nitrogen and oxygen atoms in total. The number of halogens is 2. The van der Waals surface area contributed by atoms with Gasteiger partial charge in [-0.2, -0.15) is 0 Å². The molecule has 0 bridgehead atoms. The summed E-state index contributed by atoms with van der Waals surface area (Å²) in [5.41, 5.74) is 6.55. The Morgan fingerprint density at radius 1 is 1.32 bits per heavy atom. The molecule has 1 aliphatic heterocycles. The maximum Gasteiger partial charge on any atom is 0.228 e. The fourth-order valence-corrected chi connectivity index (χ4v) is 4.32. The lowest BCUT2D eigenvalue weighted by atomic mass is 9.84. The fourth-order valence-electron chi connectivity index (χ4n) is 3.45. The fraction of sp³-hybridized carbons (Fsp3) is 0.688. The number of rotatable bonds is 5. The Hall–Kier alpha value is -0.890. The Labute approximate surface area is 164 Å². The van der Waals surface area contributed by atoms with Gasteiger partial charge in [0.15, 0.2) is 5.13 Å². The molecule has 1 aromatic rings. The van der Waals surface area contributed by atoms with Crippen molar-refractivity contribution in [3.63, 3.8) is 0 Å². The summed E-state index contributed by atoms with van der Waals surface area (Å²) in [5, 5.41) is 5.71. The van der Waals surface area contributed by atoms with Crippen LogP contribution in [0.4, 0.5) is 5.13 Å². The number of anilines is 1. The van der Waals surface area contributed by atoms with Crippen LogP contribution in [0.5, 0.6) is 0 Å². The van der Waals surface area contributed by atoms with E-state index >= 15 is 0 Å². The van der Waals surface area contributed by atoms with E-state index in [1.54, 1.807) is 4.90 Å². The van der Waals surface area contributed by atoms with Crippen LogP contribution in [-0.2, 0) is 16.0 Å². The van der Waals surface area contributed by atoms with E-state index in [0.29, 0.717) is 24.0 Å². The molecule has 3 N–H and O–H groups in total. The van der Waals surface area contributed by atoms with Crippen LogP contribution in [-0.4, -0.2) is 35.9 Å². The molecular weight excluding hydrogens is 383 g/mol. The molecule has 25 heavy (non-hydrogen) atoms. The van der Waals surface area contributed by atoms with Gasteiger partial charge in [0, 0.05) is 24.4 Å². The molecule has 2 amide bonds. The van der Waals surface area contributed by atoms with Crippen molar-refractivity contribution < 1.29 is 9.59 Å². The minimum Gasteiger partial charge on any atom is -0.353 e. The van der Waals surface area contributed by atoms with Gasteiger partial charge in [-0.15, -0.1) is 36.2 Å². The van der Waals surface area contributed by atoms with Gasteiger partial charge in [0.2, 0.25) is 11.8 Å². The number of nitrogens with one attached hydrogen (secondary N) is 1. The summed E-state index contributed by atoms with van der Waals surface area (Å²) in [4.78, 5) is 30.2. The summed E-state index contributed by atoms with van der Waals surface area (Å²) in [6, 6.07) is 0.194. The van der Waals surface area contributed by atoms with Gasteiger partial charge in [0.25, 0.3) is 0 Å². The highest BCUT2D eigenvalue weighted by Gasteiger charge is 2.26. The second kappa shape index (κ2) is 10.3. The number of hydrogen-bond acceptors (Lipinski definition) is 5. The summed E-state index contributed by atoms with van der Waals surface area (Å²) in [6.45, 7) is 1.36. The summed E-state index contributed by atoms with van der Waals surface area (Å²) in [5.74, 6) is 0.518. The lowest BCUT2D eigenvalue weighted by Gasteiger charge is -2.31. The zero-order valence-corrected chi connectivity index (χ0v) is 16.6. The molecule has 0 spiro atoms. The molecule has 1 saturated carbocycles. The number of nitrogens with zero attached hydrogens (tertiary/aromatic N) is 2. The third kappa shape index (κ3) is 5.54. The standard InChI is InChI=1S/C16H24N4O2S.2ClH/c17-9-11-4-1-2-5-13(11)19-14(21)8-12-10-23-16(18-12)20-7-3-6-15(20)22;;/h10-11,13H,1-9,17H2,(H,19,21);2*1H. The molecule has 0 radical (unpaired) electrons. The van der Waals surface area contributed by atoms with Crippen molar-refractivity contribution in [2.75, 3.05) is 18.0 Å². The highest BCUT2D eigenvalue weighted by molar-refractivity contribution is 7.14. The lowest BCUT2D eigenvalue weighted by Crippen LogP contribution is -2.45. The topological polar surface area (TPSA) is 88.3 Å². The molecular formula is C16H26Cl2N4O2S. The summed E-state index contributed by atoms with van der Waals surface area (Å²) >= 11 is 1.44. The van der Waals surface area contributed by atoms with Crippen molar-refractivity contribution in [3.05, 3.63) is 11.1 Å². The van der Waals surface area contributed by atoms with Gasteiger partial charge in [-0.3, -0.25) is 14.5 Å². The Morgan fingerprint density at radius 2 is 2.08 bits per heavy atom. The summed E-state index contributed by atoms with van der Waals surface area (Å²) < 4.78 is 0. The van der Waals surface area contributed by atoms with Crippen LogP contribution >= 0.6 is 36.2 Å². The minimum atomic E-state index is -0.0000477. The molecule has 2 atom stereocenters. The van der Waals surface area contributed by atoms with Crippen molar-refractivity contribution in [1.82, 2.24) is 10.3 Å². The van der Waals surface area contributed by atoms with Gasteiger partial charge in [-0.05, 0) is 31.7 Å². The SMILES string of the molecule is Cl.Cl.NCC1CCCCC1NC(=O)Cc1csc(N2CCCC2=O)n1. The van der Waals surface area contributed by atoms with E-state index in [1.807, 2.05) is 5.38 Å². The lowest BCUT2D eigenvalue weighted by molar-refractivity contribution is -0.121. The van der Waals surface area contributed by atoms with Crippen LogP contribution in [0, 0.1) is 5.92 Å². The smallest absolute Gasteiger partial charge is 0.228 e. The average molecular weight is 409 g/mol. The van der Waals surface area contributed by atoms with Gasteiger partial charge in [-0.25, -0.2) is 4.98 Å². The van der Waals surface area contributed by atoms with E-state index < -0.39 is 0 Å². The number of amides is 2. The molecule has 1 aromatic heterocycles. The first kappa shape index (κ1) is 22.2. The monoisotopic (exact) mass is 408 g/mol. The zero-order valence-electron chi connectivity index (χ0n) is 14.1. The number of carbonyl (C=O) groups excluding carboxylic acids is 2. The number of carbonyl (C=O) groups is 2. The Balaban J connectivity index is 0.00000156.